The summed E-state index contributed by atoms with van der Waals surface area (Å²) in [6, 6.07) is 8.54. The largest absolute Gasteiger partial charge is 0.340 e. The van der Waals surface area contributed by atoms with E-state index in [1.54, 1.807) is 24.3 Å². The number of nitrogens with zero attached hydrogens (tertiary/aromatic N) is 2. The van der Waals surface area contributed by atoms with Gasteiger partial charge in [0.05, 0.1) is 10.3 Å². The summed E-state index contributed by atoms with van der Waals surface area (Å²) in [5.74, 6) is 1.40. The van der Waals surface area contributed by atoms with Crippen molar-refractivity contribution in [2.75, 3.05) is 26.2 Å². The molecule has 1 amide bonds. The number of sulfonamides is 1. The Labute approximate surface area is 172 Å². The van der Waals surface area contributed by atoms with Gasteiger partial charge < -0.3 is 4.90 Å². The van der Waals surface area contributed by atoms with Crippen molar-refractivity contribution in [3.63, 3.8) is 0 Å². The predicted molar refractivity (Wildman–Crippen MR) is 107 cm³/mol. The first kappa shape index (κ1) is 18.9. The highest BCUT2D eigenvalue weighted by Crippen LogP contribution is 2.64. The molecule has 1 aromatic rings. The highest BCUT2D eigenvalue weighted by atomic mass is 35.5. The lowest BCUT2D eigenvalue weighted by Crippen LogP contribution is -2.61. The van der Waals surface area contributed by atoms with Crippen molar-refractivity contribution in [3.8, 4) is 0 Å². The lowest BCUT2D eigenvalue weighted by Gasteiger charge is -2.60. The molecule has 4 aliphatic carbocycles. The third kappa shape index (κ3) is 2.99. The molecule has 152 valence electrons. The van der Waals surface area contributed by atoms with Crippen LogP contribution >= 0.6 is 11.6 Å². The highest BCUT2D eigenvalue weighted by molar-refractivity contribution is 7.89. The van der Waals surface area contributed by atoms with Crippen LogP contribution in [0.5, 0.6) is 0 Å². The van der Waals surface area contributed by atoms with E-state index in [9.17, 15) is 13.2 Å². The third-order valence-electron chi connectivity index (χ3n) is 7.35. The van der Waals surface area contributed by atoms with Crippen LogP contribution in [0.15, 0.2) is 35.2 Å². The third-order valence-corrected chi connectivity index (χ3v) is 9.71. The van der Waals surface area contributed by atoms with E-state index >= 15 is 0 Å². The summed E-state index contributed by atoms with van der Waals surface area (Å²) in [7, 11) is -3.49. The van der Waals surface area contributed by atoms with Gasteiger partial charge in [-0.1, -0.05) is 18.2 Å². The number of hydrogen-bond acceptors (Lipinski definition) is 3. The average Bonchev–Trinajstić information content (AvgIpc) is 2.66. The number of hydrogen-bond donors (Lipinski definition) is 0. The van der Waals surface area contributed by atoms with Crippen LogP contribution in [-0.4, -0.2) is 54.6 Å². The molecule has 5 aliphatic rings. The van der Waals surface area contributed by atoms with E-state index in [0.717, 1.165) is 32.1 Å². The maximum absolute atomic E-state index is 13.5. The van der Waals surface area contributed by atoms with E-state index in [4.69, 9.17) is 11.6 Å². The van der Waals surface area contributed by atoms with Crippen LogP contribution in [0.4, 0.5) is 0 Å². The SMILES string of the molecule is O=C(N1CCN(S(=O)(=O)c2ccccc2)CC1)C12C[C@@H]3C[C@H](CC(Cl)(C3)C1)C2. The minimum Gasteiger partial charge on any atom is -0.340 e. The number of carbonyl (C=O) groups is 1. The first-order chi connectivity index (χ1) is 13.3. The normalized spacial score (nSPS) is 38.0. The van der Waals surface area contributed by atoms with Crippen LogP contribution in [0.2, 0.25) is 0 Å². The average molecular weight is 423 g/mol. The molecule has 0 aromatic heterocycles. The van der Waals surface area contributed by atoms with E-state index in [1.165, 1.54) is 10.7 Å². The molecule has 6 rings (SSSR count). The zero-order chi connectivity index (χ0) is 19.6. The molecule has 1 saturated heterocycles. The van der Waals surface area contributed by atoms with E-state index in [2.05, 4.69) is 0 Å². The Morgan fingerprint density at radius 2 is 1.57 bits per heavy atom. The minimum absolute atomic E-state index is 0.182. The van der Waals surface area contributed by atoms with E-state index < -0.39 is 10.0 Å². The fourth-order valence-electron chi connectivity index (χ4n) is 6.61. The van der Waals surface area contributed by atoms with Crippen molar-refractivity contribution in [3.05, 3.63) is 30.3 Å². The number of carbonyl (C=O) groups excluding carboxylic acids is 1. The second-order valence-electron chi connectivity index (χ2n) is 9.40. The lowest BCUT2D eigenvalue weighted by molar-refractivity contribution is -0.157. The van der Waals surface area contributed by atoms with Crippen molar-refractivity contribution in [2.45, 2.75) is 48.3 Å². The van der Waals surface area contributed by atoms with E-state index in [0.29, 0.717) is 42.9 Å². The fourth-order valence-corrected chi connectivity index (χ4v) is 8.74. The van der Waals surface area contributed by atoms with Gasteiger partial charge in [-0.2, -0.15) is 4.31 Å². The minimum atomic E-state index is -3.49. The number of amides is 1. The molecule has 2 atom stereocenters. The zero-order valence-corrected chi connectivity index (χ0v) is 17.6. The van der Waals surface area contributed by atoms with Crippen LogP contribution in [-0.2, 0) is 14.8 Å². The number of alkyl halides is 1. The Hall–Kier alpha value is -1.11. The molecular formula is C21H27ClN2O3S. The summed E-state index contributed by atoms with van der Waals surface area (Å²) in [6.45, 7) is 1.66. The van der Waals surface area contributed by atoms with Crippen molar-refractivity contribution < 1.29 is 13.2 Å². The van der Waals surface area contributed by atoms with Gasteiger partial charge in [0.1, 0.15) is 0 Å². The molecule has 1 aromatic carbocycles. The molecular weight excluding hydrogens is 396 g/mol. The molecule has 4 bridgehead atoms. The maximum Gasteiger partial charge on any atom is 0.243 e. The molecule has 0 N–H and O–H groups in total. The molecule has 0 unspecified atom stereocenters. The van der Waals surface area contributed by atoms with Crippen molar-refractivity contribution in [1.82, 2.24) is 9.21 Å². The molecule has 0 radical (unpaired) electrons. The van der Waals surface area contributed by atoms with Gasteiger partial charge in [0.2, 0.25) is 15.9 Å². The Morgan fingerprint density at radius 1 is 0.964 bits per heavy atom. The number of benzene rings is 1. The van der Waals surface area contributed by atoms with Gasteiger partial charge in [0, 0.05) is 31.1 Å². The molecule has 5 nitrogen and oxygen atoms in total. The van der Waals surface area contributed by atoms with Gasteiger partial charge in [-0.25, -0.2) is 8.42 Å². The Kier molecular flexibility index (Phi) is 4.35. The Balaban J connectivity index is 1.29. The van der Waals surface area contributed by atoms with Crippen LogP contribution < -0.4 is 0 Å². The zero-order valence-electron chi connectivity index (χ0n) is 16.0. The summed E-state index contributed by atoms with van der Waals surface area (Å²) in [6.07, 6.45) is 6.09. The van der Waals surface area contributed by atoms with Gasteiger partial charge in [-0.3, -0.25) is 4.79 Å². The fraction of sp³-hybridized carbons (Fsp3) is 0.667. The van der Waals surface area contributed by atoms with Crippen molar-refractivity contribution in [1.29, 1.82) is 0 Å². The summed E-state index contributed by atoms with van der Waals surface area (Å²) >= 11 is 6.90. The molecule has 1 heterocycles. The number of halogens is 1. The topological polar surface area (TPSA) is 57.7 Å². The number of rotatable bonds is 3. The maximum atomic E-state index is 13.5. The molecule has 7 heteroatoms. The standard InChI is InChI=1S/C21H27ClN2O3S/c22-21-13-16-10-17(14-21)12-20(11-16,15-21)19(25)23-6-8-24(9-7-23)28(26,27)18-4-2-1-3-5-18/h1-5,16-17H,6-15H2/t16-,17-,20?,21?/m0/s1. The first-order valence-electron chi connectivity index (χ1n) is 10.3. The predicted octanol–water partition coefficient (Wildman–Crippen LogP) is 3.10. The smallest absolute Gasteiger partial charge is 0.243 e. The van der Waals surface area contributed by atoms with Gasteiger partial charge in [-0.15, -0.1) is 11.6 Å². The quantitative estimate of drug-likeness (QED) is 0.703. The Morgan fingerprint density at radius 3 is 2.14 bits per heavy atom. The second kappa shape index (κ2) is 6.44. The van der Waals surface area contributed by atoms with Gasteiger partial charge in [0.25, 0.3) is 0 Å². The summed E-state index contributed by atoms with van der Waals surface area (Å²) < 4.78 is 27.2. The molecule has 28 heavy (non-hydrogen) atoms. The van der Waals surface area contributed by atoms with Crippen molar-refractivity contribution >= 4 is 27.5 Å². The first-order valence-corrected chi connectivity index (χ1v) is 12.2. The van der Waals surface area contributed by atoms with E-state index in [-0.39, 0.29) is 16.2 Å². The van der Waals surface area contributed by atoms with Crippen LogP contribution in [0.1, 0.15) is 38.5 Å². The second-order valence-corrected chi connectivity index (χ2v) is 12.1. The molecule has 0 spiro atoms. The summed E-state index contributed by atoms with van der Waals surface area (Å²) in [5.41, 5.74) is -0.299. The molecule has 1 aliphatic heterocycles. The monoisotopic (exact) mass is 422 g/mol. The summed E-state index contributed by atoms with van der Waals surface area (Å²) in [4.78, 5) is 15.6. The highest BCUT2D eigenvalue weighted by Gasteiger charge is 2.60. The van der Waals surface area contributed by atoms with Crippen LogP contribution in [0.3, 0.4) is 0 Å². The number of piperazine rings is 1. The summed E-state index contributed by atoms with van der Waals surface area (Å²) in [5, 5.41) is 0. The molecule has 5 fully saturated rings. The van der Waals surface area contributed by atoms with E-state index in [1.807, 2.05) is 11.0 Å². The van der Waals surface area contributed by atoms with Gasteiger partial charge >= 0.3 is 0 Å². The Bertz CT molecular complexity index is 866. The van der Waals surface area contributed by atoms with Crippen LogP contribution in [0.25, 0.3) is 0 Å². The molecule has 4 saturated carbocycles. The van der Waals surface area contributed by atoms with Gasteiger partial charge in [-0.05, 0) is 62.5 Å². The van der Waals surface area contributed by atoms with Gasteiger partial charge in [0.15, 0.2) is 0 Å². The van der Waals surface area contributed by atoms with Crippen molar-refractivity contribution in [2.24, 2.45) is 17.3 Å². The van der Waals surface area contributed by atoms with Crippen LogP contribution in [0, 0.1) is 17.3 Å². The lowest BCUT2D eigenvalue weighted by atomic mass is 9.49.